The number of nitrogens with one attached hydrogen (secondary N) is 1. The first-order valence-corrected chi connectivity index (χ1v) is 4.20. The molecule has 3 heteroatoms. The van der Waals surface area contributed by atoms with Gasteiger partial charge in [-0.3, -0.25) is 0 Å². The molecule has 68 valence electrons. The Hall–Kier alpha value is -1.04. The minimum Gasteiger partial charge on any atom is -0.302 e. The molecule has 0 unspecified atom stereocenters. The van der Waals surface area contributed by atoms with Gasteiger partial charge in [-0.05, 0) is 12.1 Å². The number of hydrogen-bond donors (Lipinski definition) is 1. The van der Waals surface area contributed by atoms with E-state index in [0.29, 0.717) is 23.7 Å². The largest absolute Gasteiger partial charge is 0.302 e. The minimum atomic E-state index is -0.308. The Kier molecular flexibility index (Phi) is 3.75. The average molecular weight is 198 g/mol. The fourth-order valence-corrected chi connectivity index (χ4v) is 1.19. The lowest BCUT2D eigenvalue weighted by Crippen LogP contribution is -2.14. The zero-order valence-electron chi connectivity index (χ0n) is 6.98. The summed E-state index contributed by atoms with van der Waals surface area (Å²) >= 11 is 5.78. The Morgan fingerprint density at radius 1 is 1.54 bits per heavy atom. The molecule has 13 heavy (non-hydrogen) atoms. The van der Waals surface area contributed by atoms with Crippen LogP contribution in [-0.2, 0) is 6.54 Å². The maximum atomic E-state index is 13.1. The summed E-state index contributed by atoms with van der Waals surface area (Å²) in [4.78, 5) is 0. The van der Waals surface area contributed by atoms with Gasteiger partial charge in [-0.2, -0.15) is 0 Å². The van der Waals surface area contributed by atoms with Crippen molar-refractivity contribution < 1.29 is 4.39 Å². The summed E-state index contributed by atoms with van der Waals surface area (Å²) in [6.07, 6.45) is 5.03. The molecular weight excluding hydrogens is 189 g/mol. The maximum Gasteiger partial charge on any atom is 0.129 e. The Labute approximate surface area is 81.9 Å². The molecule has 1 nitrogen and oxygen atoms in total. The highest BCUT2D eigenvalue weighted by atomic mass is 35.5. The van der Waals surface area contributed by atoms with E-state index in [9.17, 15) is 4.39 Å². The molecular formula is C10H9ClFN. The second-order valence-corrected chi connectivity index (χ2v) is 2.92. The third-order valence-electron chi connectivity index (χ3n) is 1.59. The molecule has 0 aliphatic carbocycles. The van der Waals surface area contributed by atoms with Crippen molar-refractivity contribution >= 4 is 11.6 Å². The zero-order chi connectivity index (χ0) is 9.68. The van der Waals surface area contributed by atoms with Gasteiger partial charge in [0, 0.05) is 17.1 Å². The SMILES string of the molecule is C#CCNCc1c(F)cccc1Cl. The summed E-state index contributed by atoms with van der Waals surface area (Å²) in [6.45, 7) is 0.764. The first-order chi connectivity index (χ1) is 6.25. The Balaban J connectivity index is 2.71. The smallest absolute Gasteiger partial charge is 0.129 e. The highest BCUT2D eigenvalue weighted by molar-refractivity contribution is 6.31. The lowest BCUT2D eigenvalue weighted by Gasteiger charge is -2.04. The molecule has 1 aromatic carbocycles. The van der Waals surface area contributed by atoms with E-state index in [1.54, 1.807) is 12.1 Å². The van der Waals surface area contributed by atoms with Gasteiger partial charge >= 0.3 is 0 Å². The van der Waals surface area contributed by atoms with Crippen molar-refractivity contribution in [2.24, 2.45) is 0 Å². The summed E-state index contributed by atoms with van der Waals surface area (Å²) in [5.74, 6) is 2.09. The summed E-state index contributed by atoms with van der Waals surface area (Å²) in [7, 11) is 0. The Morgan fingerprint density at radius 2 is 2.31 bits per heavy atom. The highest BCUT2D eigenvalue weighted by Crippen LogP contribution is 2.18. The van der Waals surface area contributed by atoms with Crippen LogP contribution in [0.4, 0.5) is 4.39 Å². The van der Waals surface area contributed by atoms with Crippen molar-refractivity contribution in [3.05, 3.63) is 34.6 Å². The van der Waals surface area contributed by atoms with Crippen LogP contribution in [0.3, 0.4) is 0 Å². The summed E-state index contributed by atoms with van der Waals surface area (Å²) in [5.41, 5.74) is 0.458. The molecule has 0 aromatic heterocycles. The fourth-order valence-electron chi connectivity index (χ4n) is 0.961. The van der Waals surface area contributed by atoms with Gasteiger partial charge in [0.1, 0.15) is 5.82 Å². The number of halogens is 2. The van der Waals surface area contributed by atoms with Crippen LogP contribution in [0.1, 0.15) is 5.56 Å². The number of hydrogen-bond acceptors (Lipinski definition) is 1. The molecule has 0 bridgehead atoms. The van der Waals surface area contributed by atoms with Crippen molar-refractivity contribution in [3.63, 3.8) is 0 Å². The van der Waals surface area contributed by atoms with Gasteiger partial charge in [0.2, 0.25) is 0 Å². The lowest BCUT2D eigenvalue weighted by molar-refractivity contribution is 0.597. The van der Waals surface area contributed by atoms with E-state index >= 15 is 0 Å². The highest BCUT2D eigenvalue weighted by Gasteiger charge is 2.04. The second kappa shape index (κ2) is 4.86. The molecule has 0 fully saturated rings. The van der Waals surface area contributed by atoms with Gasteiger partial charge in [-0.25, -0.2) is 4.39 Å². The van der Waals surface area contributed by atoms with Crippen LogP contribution < -0.4 is 5.32 Å². The molecule has 0 heterocycles. The van der Waals surface area contributed by atoms with Gasteiger partial charge in [0.05, 0.1) is 6.54 Å². The normalized spacial score (nSPS) is 9.62. The fraction of sp³-hybridized carbons (Fsp3) is 0.200. The van der Waals surface area contributed by atoms with Gasteiger partial charge in [-0.1, -0.05) is 23.6 Å². The predicted molar refractivity (Wildman–Crippen MR) is 51.9 cm³/mol. The second-order valence-electron chi connectivity index (χ2n) is 2.51. The summed E-state index contributed by atoms with van der Waals surface area (Å²) in [6, 6.07) is 4.60. The molecule has 1 aromatic rings. The zero-order valence-corrected chi connectivity index (χ0v) is 7.74. The van der Waals surface area contributed by atoms with Crippen LogP contribution >= 0.6 is 11.6 Å². The Bertz CT molecular complexity index is 310. The van der Waals surface area contributed by atoms with Crippen molar-refractivity contribution in [1.29, 1.82) is 0 Å². The van der Waals surface area contributed by atoms with Crippen LogP contribution in [0.15, 0.2) is 18.2 Å². The third-order valence-corrected chi connectivity index (χ3v) is 1.94. The van der Waals surface area contributed by atoms with E-state index in [1.165, 1.54) is 6.07 Å². The van der Waals surface area contributed by atoms with Crippen LogP contribution in [0.5, 0.6) is 0 Å². The quantitative estimate of drug-likeness (QED) is 0.579. The van der Waals surface area contributed by atoms with Crippen molar-refractivity contribution in [2.75, 3.05) is 6.54 Å². The molecule has 1 N–H and O–H groups in total. The third kappa shape index (κ3) is 2.73. The Morgan fingerprint density at radius 3 is 2.92 bits per heavy atom. The molecule has 0 radical (unpaired) electrons. The van der Waals surface area contributed by atoms with Gasteiger partial charge in [-0.15, -0.1) is 6.42 Å². The molecule has 0 atom stereocenters. The standard InChI is InChI=1S/C10H9ClFN/c1-2-6-13-7-8-9(11)4-3-5-10(8)12/h1,3-5,13H,6-7H2. The van der Waals surface area contributed by atoms with Crippen LogP contribution in [0.25, 0.3) is 0 Å². The maximum absolute atomic E-state index is 13.1. The van der Waals surface area contributed by atoms with Crippen molar-refractivity contribution in [3.8, 4) is 12.3 Å². The molecule has 0 spiro atoms. The molecule has 0 saturated heterocycles. The van der Waals surface area contributed by atoms with E-state index in [0.717, 1.165) is 0 Å². The van der Waals surface area contributed by atoms with Gasteiger partial charge in [0.25, 0.3) is 0 Å². The lowest BCUT2D eigenvalue weighted by atomic mass is 10.2. The first-order valence-electron chi connectivity index (χ1n) is 3.82. The first kappa shape index (κ1) is 10.0. The average Bonchev–Trinajstić information content (AvgIpc) is 2.10. The molecule has 0 aliphatic heterocycles. The minimum absolute atomic E-state index is 0.308. The van der Waals surface area contributed by atoms with Crippen molar-refractivity contribution in [1.82, 2.24) is 5.32 Å². The summed E-state index contributed by atoms with van der Waals surface area (Å²) in [5, 5.41) is 3.29. The van der Waals surface area contributed by atoms with E-state index in [-0.39, 0.29) is 5.82 Å². The number of rotatable bonds is 3. The topological polar surface area (TPSA) is 12.0 Å². The summed E-state index contributed by atoms with van der Waals surface area (Å²) < 4.78 is 13.1. The van der Waals surface area contributed by atoms with Crippen LogP contribution in [-0.4, -0.2) is 6.54 Å². The van der Waals surface area contributed by atoms with E-state index in [2.05, 4.69) is 11.2 Å². The molecule has 0 aliphatic rings. The number of benzene rings is 1. The van der Waals surface area contributed by atoms with E-state index in [4.69, 9.17) is 18.0 Å². The monoisotopic (exact) mass is 197 g/mol. The van der Waals surface area contributed by atoms with E-state index < -0.39 is 0 Å². The predicted octanol–water partition coefficient (Wildman–Crippen LogP) is 2.20. The number of terminal acetylenes is 1. The molecule has 0 saturated carbocycles. The molecule has 1 rings (SSSR count). The van der Waals surface area contributed by atoms with Crippen LogP contribution in [0, 0.1) is 18.2 Å². The van der Waals surface area contributed by atoms with Crippen molar-refractivity contribution in [2.45, 2.75) is 6.54 Å². The van der Waals surface area contributed by atoms with E-state index in [1.807, 2.05) is 0 Å². The molecule has 0 amide bonds. The van der Waals surface area contributed by atoms with Gasteiger partial charge < -0.3 is 5.32 Å². The van der Waals surface area contributed by atoms with Gasteiger partial charge in [0.15, 0.2) is 0 Å². The van der Waals surface area contributed by atoms with Crippen LogP contribution in [0.2, 0.25) is 5.02 Å².